The van der Waals surface area contributed by atoms with Crippen LogP contribution >= 0.6 is 23.2 Å². The van der Waals surface area contributed by atoms with Crippen molar-refractivity contribution in [3.05, 3.63) is 52.7 Å². The molecule has 5 nitrogen and oxygen atoms in total. The Morgan fingerprint density at radius 1 is 1.23 bits per heavy atom. The van der Waals surface area contributed by atoms with E-state index in [2.05, 4.69) is 5.32 Å². The van der Waals surface area contributed by atoms with Crippen LogP contribution in [0.25, 0.3) is 0 Å². The van der Waals surface area contributed by atoms with Gasteiger partial charge >= 0.3 is 5.97 Å². The summed E-state index contributed by atoms with van der Waals surface area (Å²) in [7, 11) is 1.61. The summed E-state index contributed by atoms with van der Waals surface area (Å²) in [6.45, 7) is 1.55. The second-order valence-corrected chi connectivity index (χ2v) is 6.59. The maximum absolute atomic E-state index is 12.1. The highest BCUT2D eigenvalue weighted by Crippen LogP contribution is 2.29. The van der Waals surface area contributed by atoms with Gasteiger partial charge in [0.2, 0.25) is 0 Å². The number of benzene rings is 1. The first-order valence-corrected chi connectivity index (χ1v) is 9.20. The number of alkyl halides is 1. The molecule has 26 heavy (non-hydrogen) atoms. The lowest BCUT2D eigenvalue weighted by Gasteiger charge is -2.21. The number of halogens is 2. The largest absolute Gasteiger partial charge is 0.463 e. The third-order valence-corrected chi connectivity index (χ3v) is 4.45. The number of rotatable bonds is 10. The quantitative estimate of drug-likeness (QED) is 0.367. The Hall–Kier alpha value is -1.53. The second kappa shape index (κ2) is 11.2. The van der Waals surface area contributed by atoms with Crippen molar-refractivity contribution in [2.75, 3.05) is 38.9 Å². The fraction of sp³-hybridized carbons (Fsp3) is 0.421. The summed E-state index contributed by atoms with van der Waals surface area (Å²) >= 11 is 12.6. The molecule has 1 aliphatic carbocycles. The molecule has 1 aromatic rings. The van der Waals surface area contributed by atoms with Crippen LogP contribution in [0, 0.1) is 0 Å². The van der Waals surface area contributed by atoms with Gasteiger partial charge in [0.25, 0.3) is 0 Å². The summed E-state index contributed by atoms with van der Waals surface area (Å²) < 4.78 is 15.3. The van der Waals surface area contributed by atoms with Crippen LogP contribution in [-0.2, 0) is 25.4 Å². The number of carbonyl (C=O) groups is 1. The fourth-order valence-electron chi connectivity index (χ4n) is 2.39. The van der Waals surface area contributed by atoms with E-state index >= 15 is 0 Å². The van der Waals surface area contributed by atoms with E-state index in [4.69, 9.17) is 37.4 Å². The molecule has 0 saturated heterocycles. The Morgan fingerprint density at radius 3 is 2.77 bits per heavy atom. The minimum atomic E-state index is -0.319. The highest BCUT2D eigenvalue weighted by atomic mass is 35.5. The van der Waals surface area contributed by atoms with Gasteiger partial charge in [-0.05, 0) is 24.1 Å². The number of hydrogen-bond donors (Lipinski definition) is 1. The van der Waals surface area contributed by atoms with Crippen LogP contribution in [0.15, 0.2) is 47.1 Å². The number of para-hydroxylation sites is 1. The van der Waals surface area contributed by atoms with Crippen LogP contribution in [0.5, 0.6) is 0 Å². The zero-order valence-corrected chi connectivity index (χ0v) is 16.2. The molecule has 0 fully saturated rings. The molecule has 1 N–H and O–H groups in total. The van der Waals surface area contributed by atoms with E-state index in [0.717, 1.165) is 16.9 Å². The molecule has 142 valence electrons. The van der Waals surface area contributed by atoms with Gasteiger partial charge in [0, 0.05) is 12.8 Å². The molecule has 0 amide bonds. The van der Waals surface area contributed by atoms with Gasteiger partial charge in [0.15, 0.2) is 0 Å². The molecule has 0 aromatic heterocycles. The first-order chi connectivity index (χ1) is 12.6. The summed E-state index contributed by atoms with van der Waals surface area (Å²) in [5, 5.41) is 3.61. The normalized spacial score (nSPS) is 16.7. The zero-order valence-electron chi connectivity index (χ0n) is 14.7. The molecule has 0 spiro atoms. The maximum atomic E-state index is 12.1. The Labute approximate surface area is 163 Å². The molecule has 1 aromatic carbocycles. The summed E-state index contributed by atoms with van der Waals surface area (Å²) in [6, 6.07) is 7.51. The molecular weight excluding hydrogens is 377 g/mol. The van der Waals surface area contributed by atoms with Gasteiger partial charge in [-0.1, -0.05) is 35.9 Å². The number of ether oxygens (including phenoxy) is 3. The summed E-state index contributed by atoms with van der Waals surface area (Å²) in [5.74, 6) is -0.319. The Kier molecular flexibility index (Phi) is 8.98. The topological polar surface area (TPSA) is 56.8 Å². The van der Waals surface area contributed by atoms with Crippen molar-refractivity contribution in [2.45, 2.75) is 18.2 Å². The van der Waals surface area contributed by atoms with Gasteiger partial charge in [0.05, 0.1) is 42.3 Å². The molecule has 0 saturated carbocycles. The Balaban J connectivity index is 1.90. The van der Waals surface area contributed by atoms with Crippen molar-refractivity contribution in [1.82, 2.24) is 0 Å². The van der Waals surface area contributed by atoms with E-state index in [0.29, 0.717) is 31.3 Å². The maximum Gasteiger partial charge on any atom is 0.310 e. The van der Waals surface area contributed by atoms with E-state index in [1.165, 1.54) is 0 Å². The summed E-state index contributed by atoms with van der Waals surface area (Å²) in [6.07, 6.45) is 4.61. The molecule has 0 radical (unpaired) electrons. The highest BCUT2D eigenvalue weighted by molar-refractivity contribution is 6.33. The molecule has 1 aliphatic rings. The van der Waals surface area contributed by atoms with Crippen LogP contribution in [0.1, 0.15) is 12.0 Å². The van der Waals surface area contributed by atoms with Crippen molar-refractivity contribution in [2.24, 2.45) is 0 Å². The van der Waals surface area contributed by atoms with Gasteiger partial charge in [-0.15, -0.1) is 11.6 Å². The number of allylic oxidation sites excluding steroid dienone is 4. The van der Waals surface area contributed by atoms with Crippen LogP contribution in [-0.4, -0.2) is 44.9 Å². The number of anilines is 1. The third-order valence-electron chi connectivity index (χ3n) is 3.72. The van der Waals surface area contributed by atoms with Crippen molar-refractivity contribution >= 4 is 34.9 Å². The Morgan fingerprint density at radius 2 is 2.00 bits per heavy atom. The molecule has 7 heteroatoms. The summed E-state index contributed by atoms with van der Waals surface area (Å²) in [4.78, 5) is 12.1. The lowest BCUT2D eigenvalue weighted by Crippen LogP contribution is -2.17. The molecule has 0 heterocycles. The van der Waals surface area contributed by atoms with Gasteiger partial charge in [-0.3, -0.25) is 4.79 Å². The lowest BCUT2D eigenvalue weighted by molar-refractivity contribution is -0.144. The minimum absolute atomic E-state index is 0.148. The van der Waals surface area contributed by atoms with Gasteiger partial charge in [-0.2, -0.15) is 0 Å². The predicted octanol–water partition coefficient (Wildman–Crippen LogP) is 3.86. The fourth-order valence-corrected chi connectivity index (χ4v) is 2.99. The molecule has 1 unspecified atom stereocenters. The van der Waals surface area contributed by atoms with Crippen LogP contribution in [0.4, 0.5) is 5.69 Å². The van der Waals surface area contributed by atoms with Crippen molar-refractivity contribution < 1.29 is 19.0 Å². The number of methoxy groups -OCH3 is 1. The van der Waals surface area contributed by atoms with Crippen molar-refractivity contribution in [3.8, 4) is 0 Å². The van der Waals surface area contributed by atoms with Gasteiger partial charge in [0.1, 0.15) is 6.61 Å². The predicted molar refractivity (Wildman–Crippen MR) is 104 cm³/mol. The van der Waals surface area contributed by atoms with E-state index in [-0.39, 0.29) is 24.4 Å². The zero-order chi connectivity index (χ0) is 18.8. The molecule has 2 rings (SSSR count). The monoisotopic (exact) mass is 399 g/mol. The minimum Gasteiger partial charge on any atom is -0.463 e. The number of esters is 1. The first kappa shape index (κ1) is 20.8. The lowest BCUT2D eigenvalue weighted by atomic mass is 10.1. The molecule has 0 bridgehead atoms. The average Bonchev–Trinajstić information content (AvgIpc) is 2.62. The van der Waals surface area contributed by atoms with Crippen LogP contribution in [0.3, 0.4) is 0 Å². The SMILES string of the molecule is COCCOCCOC(=O)Cc1ccccc1NC1=C(Cl)C=CCC1Cl. The summed E-state index contributed by atoms with van der Waals surface area (Å²) in [5.41, 5.74) is 2.34. The van der Waals surface area contributed by atoms with E-state index in [1.54, 1.807) is 7.11 Å². The highest BCUT2D eigenvalue weighted by Gasteiger charge is 2.18. The smallest absolute Gasteiger partial charge is 0.310 e. The number of hydrogen-bond acceptors (Lipinski definition) is 5. The molecule has 1 atom stereocenters. The average molecular weight is 400 g/mol. The first-order valence-electron chi connectivity index (χ1n) is 8.39. The van der Waals surface area contributed by atoms with Crippen molar-refractivity contribution in [3.63, 3.8) is 0 Å². The van der Waals surface area contributed by atoms with Crippen molar-refractivity contribution in [1.29, 1.82) is 0 Å². The second-order valence-electron chi connectivity index (χ2n) is 5.65. The van der Waals surface area contributed by atoms with E-state index < -0.39 is 0 Å². The van der Waals surface area contributed by atoms with E-state index in [1.807, 2.05) is 36.4 Å². The van der Waals surface area contributed by atoms with Crippen LogP contribution in [0.2, 0.25) is 0 Å². The number of carbonyl (C=O) groups excluding carboxylic acids is 1. The van der Waals surface area contributed by atoms with Crippen LogP contribution < -0.4 is 5.32 Å². The van der Waals surface area contributed by atoms with E-state index in [9.17, 15) is 4.79 Å². The molecular formula is C19H23Cl2NO4. The number of nitrogens with one attached hydrogen (secondary N) is 1. The van der Waals surface area contributed by atoms with Gasteiger partial charge in [-0.25, -0.2) is 0 Å². The standard InChI is InChI=1S/C19H23Cl2NO4/c1-24-9-10-25-11-12-26-18(23)13-14-5-2-3-8-17(14)22-19-15(20)6-4-7-16(19)21/h2-6,8,16,22H,7,9-13H2,1H3. The Bertz CT molecular complexity index is 661. The van der Waals surface area contributed by atoms with Gasteiger partial charge < -0.3 is 19.5 Å². The molecule has 0 aliphatic heterocycles. The third kappa shape index (κ3) is 6.65.